The van der Waals surface area contributed by atoms with Crippen molar-refractivity contribution in [2.45, 2.75) is 32.7 Å². The first-order chi connectivity index (χ1) is 6.68. The third-order valence-corrected chi connectivity index (χ3v) is 2.83. The molecule has 76 valence electrons. The molecule has 1 saturated heterocycles. The first-order valence-corrected chi connectivity index (χ1v) is 5.02. The minimum Gasteiger partial charge on any atom is -0.368 e. The first kappa shape index (κ1) is 9.40. The van der Waals surface area contributed by atoms with E-state index in [4.69, 9.17) is 5.73 Å². The molecule has 3 N–H and O–H groups in total. The largest absolute Gasteiger partial charge is 0.368 e. The van der Waals surface area contributed by atoms with E-state index in [1.54, 1.807) is 0 Å². The van der Waals surface area contributed by atoms with Crippen LogP contribution in [0.2, 0.25) is 0 Å². The minimum atomic E-state index is 0.374. The van der Waals surface area contributed by atoms with Gasteiger partial charge in [0.1, 0.15) is 0 Å². The zero-order chi connectivity index (χ0) is 10.1. The van der Waals surface area contributed by atoms with Crippen molar-refractivity contribution < 1.29 is 0 Å². The van der Waals surface area contributed by atoms with Gasteiger partial charge in [-0.2, -0.15) is 0 Å². The lowest BCUT2D eigenvalue weighted by atomic mass is 10.1. The highest BCUT2D eigenvalue weighted by Crippen LogP contribution is 2.25. The summed E-state index contributed by atoms with van der Waals surface area (Å²) in [5, 5.41) is 3.42. The molecule has 1 aromatic rings. The van der Waals surface area contributed by atoms with Crippen LogP contribution in [0.5, 0.6) is 0 Å². The van der Waals surface area contributed by atoms with Crippen LogP contribution in [0.4, 0.5) is 5.95 Å². The summed E-state index contributed by atoms with van der Waals surface area (Å²) >= 11 is 0. The number of nitrogen functional groups attached to an aromatic ring is 1. The fourth-order valence-electron chi connectivity index (χ4n) is 1.93. The zero-order valence-corrected chi connectivity index (χ0v) is 8.67. The van der Waals surface area contributed by atoms with Gasteiger partial charge in [0, 0.05) is 5.69 Å². The Bertz CT molecular complexity index is 342. The molecule has 0 unspecified atom stereocenters. The van der Waals surface area contributed by atoms with Gasteiger partial charge in [0.25, 0.3) is 0 Å². The Morgan fingerprint density at radius 3 is 2.79 bits per heavy atom. The summed E-state index contributed by atoms with van der Waals surface area (Å²) in [6.07, 6.45) is 2.36. The average Bonchev–Trinajstić information content (AvgIpc) is 2.63. The normalized spacial score (nSPS) is 21.4. The van der Waals surface area contributed by atoms with Crippen molar-refractivity contribution in [2.24, 2.45) is 0 Å². The minimum absolute atomic E-state index is 0.374. The Kier molecular flexibility index (Phi) is 2.37. The predicted molar refractivity (Wildman–Crippen MR) is 55.9 cm³/mol. The third kappa shape index (κ3) is 1.57. The predicted octanol–water partition coefficient (Wildman–Crippen LogP) is 1.10. The number of rotatable bonds is 1. The van der Waals surface area contributed by atoms with E-state index in [1.165, 1.54) is 12.0 Å². The maximum absolute atomic E-state index is 5.65. The van der Waals surface area contributed by atoms with E-state index < -0.39 is 0 Å². The smallest absolute Gasteiger partial charge is 0.220 e. The molecule has 1 aromatic heterocycles. The van der Waals surface area contributed by atoms with E-state index in [1.807, 2.05) is 6.92 Å². The highest BCUT2D eigenvalue weighted by molar-refractivity contribution is 5.32. The summed E-state index contributed by atoms with van der Waals surface area (Å²) < 4.78 is 0. The first-order valence-electron chi connectivity index (χ1n) is 5.02. The van der Waals surface area contributed by atoms with E-state index >= 15 is 0 Å². The molecule has 1 aliphatic rings. The quantitative estimate of drug-likeness (QED) is 0.699. The number of nitrogens with zero attached hydrogens (tertiary/aromatic N) is 2. The van der Waals surface area contributed by atoms with Gasteiger partial charge in [0.05, 0.1) is 11.7 Å². The molecule has 0 aliphatic carbocycles. The zero-order valence-electron chi connectivity index (χ0n) is 8.67. The number of aromatic nitrogens is 2. The van der Waals surface area contributed by atoms with Gasteiger partial charge in [-0.15, -0.1) is 0 Å². The number of nitrogens with two attached hydrogens (primary N) is 1. The van der Waals surface area contributed by atoms with Gasteiger partial charge in [-0.05, 0) is 38.8 Å². The van der Waals surface area contributed by atoms with E-state index in [0.717, 1.165) is 24.4 Å². The number of anilines is 1. The summed E-state index contributed by atoms with van der Waals surface area (Å²) in [6.45, 7) is 5.11. The van der Waals surface area contributed by atoms with Crippen LogP contribution in [0.25, 0.3) is 0 Å². The molecule has 0 saturated carbocycles. The van der Waals surface area contributed by atoms with Gasteiger partial charge in [0.2, 0.25) is 5.95 Å². The van der Waals surface area contributed by atoms with E-state index in [2.05, 4.69) is 22.2 Å². The Balaban J connectivity index is 2.40. The fraction of sp³-hybridized carbons (Fsp3) is 0.600. The van der Waals surface area contributed by atoms with E-state index in [0.29, 0.717) is 12.0 Å². The average molecular weight is 192 g/mol. The molecule has 1 fully saturated rings. The van der Waals surface area contributed by atoms with Crippen LogP contribution < -0.4 is 11.1 Å². The lowest BCUT2D eigenvalue weighted by molar-refractivity contribution is 0.620. The van der Waals surface area contributed by atoms with Crippen molar-refractivity contribution in [3.05, 3.63) is 17.0 Å². The summed E-state index contributed by atoms with van der Waals surface area (Å²) in [5.41, 5.74) is 8.87. The van der Waals surface area contributed by atoms with Gasteiger partial charge >= 0.3 is 0 Å². The van der Waals surface area contributed by atoms with Crippen LogP contribution in [-0.4, -0.2) is 16.5 Å². The Labute approximate surface area is 83.9 Å². The van der Waals surface area contributed by atoms with Gasteiger partial charge < -0.3 is 11.1 Å². The molecule has 0 amide bonds. The maximum atomic E-state index is 5.65. The highest BCUT2D eigenvalue weighted by atomic mass is 15.0. The van der Waals surface area contributed by atoms with Gasteiger partial charge in [-0.25, -0.2) is 9.97 Å². The molecule has 0 aromatic carbocycles. The summed E-state index contributed by atoms with van der Waals surface area (Å²) in [7, 11) is 0. The molecule has 0 radical (unpaired) electrons. The van der Waals surface area contributed by atoms with E-state index in [-0.39, 0.29) is 0 Å². The Morgan fingerprint density at radius 2 is 2.14 bits per heavy atom. The molecule has 4 nitrogen and oxygen atoms in total. The van der Waals surface area contributed by atoms with Crippen LogP contribution in [0.15, 0.2) is 0 Å². The van der Waals surface area contributed by atoms with Crippen molar-refractivity contribution in [2.75, 3.05) is 12.3 Å². The van der Waals surface area contributed by atoms with E-state index in [9.17, 15) is 0 Å². The summed E-state index contributed by atoms with van der Waals surface area (Å²) in [5.74, 6) is 0.386. The maximum Gasteiger partial charge on any atom is 0.220 e. The number of hydrogen-bond acceptors (Lipinski definition) is 4. The monoisotopic (exact) mass is 192 g/mol. The van der Waals surface area contributed by atoms with Gasteiger partial charge in [-0.1, -0.05) is 0 Å². The second-order valence-electron chi connectivity index (χ2n) is 3.83. The Morgan fingerprint density at radius 1 is 1.36 bits per heavy atom. The molecule has 4 heteroatoms. The SMILES string of the molecule is Cc1nc(N)nc([C@@H]2CCCN2)c1C. The van der Waals surface area contributed by atoms with Crippen molar-refractivity contribution in [3.63, 3.8) is 0 Å². The second-order valence-corrected chi connectivity index (χ2v) is 3.83. The second kappa shape index (κ2) is 3.53. The molecule has 2 rings (SSSR count). The third-order valence-electron chi connectivity index (χ3n) is 2.83. The molecule has 0 bridgehead atoms. The van der Waals surface area contributed by atoms with Crippen LogP contribution >= 0.6 is 0 Å². The molecule has 1 atom stereocenters. The van der Waals surface area contributed by atoms with Gasteiger partial charge in [-0.3, -0.25) is 0 Å². The highest BCUT2D eigenvalue weighted by Gasteiger charge is 2.20. The van der Waals surface area contributed by atoms with Crippen LogP contribution in [0.3, 0.4) is 0 Å². The summed E-state index contributed by atoms with van der Waals surface area (Å²) in [6, 6.07) is 0.374. The van der Waals surface area contributed by atoms with Crippen LogP contribution in [-0.2, 0) is 0 Å². The van der Waals surface area contributed by atoms with Gasteiger partial charge in [0.15, 0.2) is 0 Å². The number of hydrogen-bond donors (Lipinski definition) is 2. The number of nitrogens with one attached hydrogen (secondary N) is 1. The van der Waals surface area contributed by atoms with Crippen LogP contribution in [0.1, 0.15) is 35.8 Å². The van der Waals surface area contributed by atoms with Crippen molar-refractivity contribution in [1.29, 1.82) is 0 Å². The molecule has 1 aliphatic heterocycles. The lowest BCUT2D eigenvalue weighted by Crippen LogP contribution is -2.17. The standard InChI is InChI=1S/C10H16N4/c1-6-7(2)13-10(11)14-9(6)8-4-3-5-12-8/h8,12H,3-5H2,1-2H3,(H2,11,13,14)/t8-/m0/s1. The summed E-state index contributed by atoms with van der Waals surface area (Å²) in [4.78, 5) is 8.46. The molecule has 0 spiro atoms. The van der Waals surface area contributed by atoms with Crippen molar-refractivity contribution in [1.82, 2.24) is 15.3 Å². The topological polar surface area (TPSA) is 63.8 Å². The number of aryl methyl sites for hydroxylation is 1. The lowest BCUT2D eigenvalue weighted by Gasteiger charge is -2.14. The molecule has 2 heterocycles. The molecular weight excluding hydrogens is 176 g/mol. The van der Waals surface area contributed by atoms with Crippen molar-refractivity contribution >= 4 is 5.95 Å². The molecule has 14 heavy (non-hydrogen) atoms. The fourth-order valence-corrected chi connectivity index (χ4v) is 1.93. The van der Waals surface area contributed by atoms with Crippen LogP contribution in [0, 0.1) is 13.8 Å². The Hall–Kier alpha value is -1.16. The van der Waals surface area contributed by atoms with Crippen molar-refractivity contribution in [3.8, 4) is 0 Å². The molecular formula is C10H16N4.